The molecule has 0 aromatic heterocycles. The van der Waals surface area contributed by atoms with Gasteiger partial charge in [-0.05, 0) is 75.2 Å². The van der Waals surface area contributed by atoms with Crippen LogP contribution in [0.3, 0.4) is 0 Å². The highest BCUT2D eigenvalue weighted by molar-refractivity contribution is 5.33. The molecule has 1 spiro atoms. The summed E-state index contributed by atoms with van der Waals surface area (Å²) in [6.07, 6.45) is 12.4. The van der Waals surface area contributed by atoms with Gasteiger partial charge in [-0.1, -0.05) is 18.1 Å². The van der Waals surface area contributed by atoms with Gasteiger partial charge >= 0.3 is 0 Å². The zero-order chi connectivity index (χ0) is 17.2. The van der Waals surface area contributed by atoms with Gasteiger partial charge in [0.15, 0.2) is 0 Å². The lowest BCUT2D eigenvalue weighted by molar-refractivity contribution is -0.156. The van der Waals surface area contributed by atoms with Crippen molar-refractivity contribution in [3.05, 3.63) is 23.0 Å². The van der Waals surface area contributed by atoms with E-state index in [1.165, 1.54) is 37.9 Å². The second-order valence-electron chi connectivity index (χ2n) is 9.34. The molecule has 0 aromatic carbocycles. The van der Waals surface area contributed by atoms with Gasteiger partial charge in [-0.3, -0.25) is 0 Å². The van der Waals surface area contributed by atoms with Crippen molar-refractivity contribution in [2.24, 2.45) is 23.2 Å². The van der Waals surface area contributed by atoms with Gasteiger partial charge in [-0.15, -0.1) is 0 Å². The van der Waals surface area contributed by atoms with Gasteiger partial charge in [-0.2, -0.15) is 0 Å². The summed E-state index contributed by atoms with van der Waals surface area (Å²) in [5, 5.41) is 10.8. The molecule has 3 heteroatoms. The smallest absolute Gasteiger partial charge is 0.0996 e. The number of ether oxygens (including phenoxy) is 2. The quantitative estimate of drug-likeness (QED) is 0.718. The molecule has 1 saturated heterocycles. The fraction of sp³-hybridized carbons (Fsp3) is 0.818. The van der Waals surface area contributed by atoms with E-state index in [0.717, 1.165) is 50.0 Å². The molecule has 0 aromatic rings. The SMILES string of the molecule is COC1=CCC2=C(CC[C@@H]3[C@@H]2CC[C@@]2(C)[C@H]3CC[C@]23OCC[C@@H]3O)C1. The van der Waals surface area contributed by atoms with Crippen LogP contribution in [0.2, 0.25) is 0 Å². The number of methoxy groups -OCH3 is 1. The first-order chi connectivity index (χ1) is 12.1. The standard InChI is InChI=1S/C22H32O3/c1-21-10-7-17-16-6-4-15(24-2)13-14(16)3-5-18(17)19(21)8-11-22(21)20(23)9-12-25-22/h4,17-20,23H,3,5-13H2,1-2H3/t17-,18-,19+,20+,21+,22-/m1/s1. The van der Waals surface area contributed by atoms with Gasteiger partial charge in [0, 0.05) is 11.8 Å². The third-order valence-corrected chi connectivity index (χ3v) is 8.79. The molecule has 0 radical (unpaired) electrons. The average Bonchev–Trinajstić information content (AvgIpc) is 3.16. The zero-order valence-corrected chi connectivity index (χ0v) is 15.7. The fourth-order valence-electron chi connectivity index (χ4n) is 7.55. The minimum atomic E-state index is -0.251. The topological polar surface area (TPSA) is 38.7 Å². The summed E-state index contributed by atoms with van der Waals surface area (Å²) in [5.74, 6) is 3.46. The van der Waals surface area contributed by atoms with E-state index in [4.69, 9.17) is 9.47 Å². The predicted molar refractivity (Wildman–Crippen MR) is 96.9 cm³/mol. The summed E-state index contributed by atoms with van der Waals surface area (Å²) in [5.41, 5.74) is 3.35. The summed E-state index contributed by atoms with van der Waals surface area (Å²) in [6.45, 7) is 3.20. The van der Waals surface area contributed by atoms with Crippen LogP contribution in [0.25, 0.3) is 0 Å². The Morgan fingerprint density at radius 2 is 2.08 bits per heavy atom. The van der Waals surface area contributed by atoms with Crippen LogP contribution in [-0.4, -0.2) is 30.5 Å². The summed E-state index contributed by atoms with van der Waals surface area (Å²) in [7, 11) is 1.81. The van der Waals surface area contributed by atoms with Crippen LogP contribution < -0.4 is 0 Å². The van der Waals surface area contributed by atoms with Crippen molar-refractivity contribution in [2.45, 2.75) is 76.4 Å². The molecule has 138 valence electrons. The van der Waals surface area contributed by atoms with Crippen LogP contribution in [0.5, 0.6) is 0 Å². The molecule has 0 unspecified atom stereocenters. The van der Waals surface area contributed by atoms with Crippen LogP contribution in [-0.2, 0) is 9.47 Å². The van der Waals surface area contributed by atoms with Crippen molar-refractivity contribution >= 4 is 0 Å². The largest absolute Gasteiger partial charge is 0.501 e. The van der Waals surface area contributed by atoms with Gasteiger partial charge in [0.05, 0.1) is 31.2 Å². The molecule has 1 N–H and O–H groups in total. The second kappa shape index (κ2) is 5.60. The number of allylic oxidation sites excluding steroid dienone is 3. The van der Waals surface area contributed by atoms with Crippen LogP contribution in [0.4, 0.5) is 0 Å². The van der Waals surface area contributed by atoms with E-state index in [-0.39, 0.29) is 17.1 Å². The fourth-order valence-corrected chi connectivity index (χ4v) is 7.55. The molecule has 3 fully saturated rings. The lowest BCUT2D eigenvalue weighted by Gasteiger charge is -2.55. The normalized spacial score (nSPS) is 48.8. The molecular formula is C22H32O3. The Balaban J connectivity index is 1.44. The van der Waals surface area contributed by atoms with Crippen LogP contribution in [0.15, 0.2) is 23.0 Å². The van der Waals surface area contributed by atoms with E-state index >= 15 is 0 Å². The highest BCUT2D eigenvalue weighted by Crippen LogP contribution is 2.67. The Bertz CT molecular complexity index is 635. The van der Waals surface area contributed by atoms with Crippen molar-refractivity contribution in [2.75, 3.05) is 13.7 Å². The van der Waals surface area contributed by atoms with Crippen LogP contribution >= 0.6 is 0 Å². The third-order valence-electron chi connectivity index (χ3n) is 8.79. The number of aliphatic hydroxyl groups excluding tert-OH is 1. The van der Waals surface area contributed by atoms with E-state index in [2.05, 4.69) is 13.0 Å². The van der Waals surface area contributed by atoms with E-state index in [9.17, 15) is 5.11 Å². The summed E-state index contributed by atoms with van der Waals surface area (Å²) in [4.78, 5) is 0. The monoisotopic (exact) mass is 344 g/mol. The molecule has 3 nitrogen and oxygen atoms in total. The van der Waals surface area contributed by atoms with Gasteiger partial charge < -0.3 is 14.6 Å². The first kappa shape index (κ1) is 16.4. The maximum atomic E-state index is 10.8. The zero-order valence-electron chi connectivity index (χ0n) is 15.7. The number of hydrogen-bond acceptors (Lipinski definition) is 3. The van der Waals surface area contributed by atoms with Crippen molar-refractivity contribution in [1.29, 1.82) is 0 Å². The van der Waals surface area contributed by atoms with E-state index < -0.39 is 0 Å². The lowest BCUT2D eigenvalue weighted by Crippen LogP contribution is -2.55. The molecule has 2 saturated carbocycles. The second-order valence-corrected chi connectivity index (χ2v) is 9.34. The summed E-state index contributed by atoms with van der Waals surface area (Å²) < 4.78 is 11.8. The number of rotatable bonds is 1. The molecule has 5 aliphatic rings. The highest BCUT2D eigenvalue weighted by atomic mass is 16.5. The van der Waals surface area contributed by atoms with Crippen LogP contribution in [0.1, 0.15) is 64.7 Å². The first-order valence-corrected chi connectivity index (χ1v) is 10.3. The maximum absolute atomic E-state index is 10.8. The minimum absolute atomic E-state index is 0.171. The highest BCUT2D eigenvalue weighted by Gasteiger charge is 2.66. The number of hydrogen-bond donors (Lipinski definition) is 1. The van der Waals surface area contributed by atoms with Crippen molar-refractivity contribution in [1.82, 2.24) is 0 Å². The summed E-state index contributed by atoms with van der Waals surface area (Å²) in [6, 6.07) is 0. The van der Waals surface area contributed by atoms with Crippen molar-refractivity contribution in [3.8, 4) is 0 Å². The number of aliphatic hydroxyl groups is 1. The molecule has 25 heavy (non-hydrogen) atoms. The van der Waals surface area contributed by atoms with E-state index in [1.807, 2.05) is 0 Å². The molecule has 5 rings (SSSR count). The molecule has 4 aliphatic carbocycles. The van der Waals surface area contributed by atoms with Gasteiger partial charge in [0.25, 0.3) is 0 Å². The Hall–Kier alpha value is -0.800. The molecule has 0 amide bonds. The van der Waals surface area contributed by atoms with Crippen LogP contribution in [0, 0.1) is 23.2 Å². The molecule has 0 bridgehead atoms. The van der Waals surface area contributed by atoms with Gasteiger partial charge in [-0.25, -0.2) is 0 Å². The third kappa shape index (κ3) is 2.06. The van der Waals surface area contributed by atoms with E-state index in [1.54, 1.807) is 18.3 Å². The Morgan fingerprint density at radius 3 is 2.84 bits per heavy atom. The maximum Gasteiger partial charge on any atom is 0.0996 e. The lowest BCUT2D eigenvalue weighted by atomic mass is 9.52. The molecule has 1 aliphatic heterocycles. The van der Waals surface area contributed by atoms with E-state index in [0.29, 0.717) is 0 Å². The Morgan fingerprint density at radius 1 is 1.20 bits per heavy atom. The predicted octanol–water partition coefficient (Wildman–Crippen LogP) is 4.36. The molecule has 1 heterocycles. The molecule has 6 atom stereocenters. The number of fused-ring (bicyclic) bond motifs is 5. The van der Waals surface area contributed by atoms with Gasteiger partial charge in [0.1, 0.15) is 0 Å². The average molecular weight is 344 g/mol. The van der Waals surface area contributed by atoms with Crippen molar-refractivity contribution in [3.63, 3.8) is 0 Å². The Kier molecular flexibility index (Phi) is 3.67. The molecular weight excluding hydrogens is 312 g/mol. The minimum Gasteiger partial charge on any atom is -0.501 e. The first-order valence-electron chi connectivity index (χ1n) is 10.3. The summed E-state index contributed by atoms with van der Waals surface area (Å²) >= 11 is 0. The Labute approximate surface area is 151 Å². The van der Waals surface area contributed by atoms with Gasteiger partial charge in [0.2, 0.25) is 0 Å². The van der Waals surface area contributed by atoms with Crippen molar-refractivity contribution < 1.29 is 14.6 Å².